The van der Waals surface area contributed by atoms with E-state index in [-0.39, 0.29) is 24.5 Å². The van der Waals surface area contributed by atoms with Crippen molar-refractivity contribution in [3.63, 3.8) is 0 Å². The summed E-state index contributed by atoms with van der Waals surface area (Å²) >= 11 is 0. The van der Waals surface area contributed by atoms with Gasteiger partial charge in [-0.1, -0.05) is 24.1 Å². The number of carbonyl (C=O) groups excluding carboxylic acids is 1. The first kappa shape index (κ1) is 24.6. The number of nitrogens with one attached hydrogen (secondary N) is 2. The number of hydrogen-bond donors (Lipinski definition) is 3. The number of carbonyl (C=O) groups is 1. The Labute approximate surface area is 204 Å². The van der Waals surface area contributed by atoms with Gasteiger partial charge in [0.15, 0.2) is 0 Å². The van der Waals surface area contributed by atoms with Crippen molar-refractivity contribution in [2.45, 2.75) is 24.5 Å². The topological polar surface area (TPSA) is 121 Å². The number of aromatic nitrogens is 1. The number of hydrogen-bond acceptors (Lipinski definition) is 7. The molecule has 1 aliphatic heterocycles. The molecule has 3 N–H and O–H groups in total. The van der Waals surface area contributed by atoms with Crippen LogP contribution in [0.3, 0.4) is 0 Å². The largest absolute Gasteiger partial charge is 0.489 e. The number of rotatable bonds is 8. The van der Waals surface area contributed by atoms with Crippen molar-refractivity contribution >= 4 is 26.8 Å². The molecule has 0 bridgehead atoms. The van der Waals surface area contributed by atoms with Crippen molar-refractivity contribution < 1.29 is 23.2 Å². The van der Waals surface area contributed by atoms with E-state index in [0.29, 0.717) is 12.4 Å². The first-order valence-corrected chi connectivity index (χ1v) is 12.5. The number of aryl methyl sites for hydroxylation is 1. The summed E-state index contributed by atoms with van der Waals surface area (Å²) in [6.45, 7) is 2.99. The van der Waals surface area contributed by atoms with Gasteiger partial charge < -0.3 is 4.74 Å². The molecule has 1 aromatic heterocycles. The number of para-hydroxylation sites is 1. The van der Waals surface area contributed by atoms with Crippen LogP contribution in [0.5, 0.6) is 5.75 Å². The van der Waals surface area contributed by atoms with Crippen LogP contribution in [0.2, 0.25) is 0 Å². The lowest BCUT2D eigenvalue weighted by molar-refractivity contribution is -0.133. The highest BCUT2D eigenvalue weighted by molar-refractivity contribution is 7.89. The lowest BCUT2D eigenvalue weighted by atomic mass is 10.0. The van der Waals surface area contributed by atoms with Crippen molar-refractivity contribution in [3.05, 3.63) is 65.9 Å². The van der Waals surface area contributed by atoms with Crippen LogP contribution >= 0.6 is 0 Å². The first-order chi connectivity index (χ1) is 16.8. The predicted octanol–water partition coefficient (Wildman–Crippen LogP) is 1.84. The quantitative estimate of drug-likeness (QED) is 0.248. The third-order valence-electron chi connectivity index (χ3n) is 5.92. The van der Waals surface area contributed by atoms with Gasteiger partial charge in [-0.2, -0.15) is 0 Å². The summed E-state index contributed by atoms with van der Waals surface area (Å²) in [5, 5.41) is 10.0. The molecule has 2 aromatic carbocycles. The summed E-state index contributed by atoms with van der Waals surface area (Å²) in [6, 6.07) is 15.1. The van der Waals surface area contributed by atoms with Crippen LogP contribution in [0.1, 0.15) is 11.3 Å². The Morgan fingerprint density at radius 1 is 1.23 bits per heavy atom. The molecule has 2 atom stereocenters. The number of likely N-dealkylation sites (tertiary alicyclic amines) is 1. The average Bonchev–Trinajstić information content (AvgIpc) is 3.23. The number of ether oxygens (including phenoxy) is 1. The average molecular weight is 495 g/mol. The van der Waals surface area contributed by atoms with Gasteiger partial charge >= 0.3 is 0 Å². The van der Waals surface area contributed by atoms with E-state index in [2.05, 4.69) is 15.6 Å². The number of fused-ring (bicyclic) bond motifs is 1. The number of terminal acetylenes is 1. The second kappa shape index (κ2) is 10.4. The van der Waals surface area contributed by atoms with Crippen LogP contribution < -0.4 is 14.9 Å². The summed E-state index contributed by atoms with van der Waals surface area (Å²) in [5.74, 6) is 1.56. The van der Waals surface area contributed by atoms with Crippen LogP contribution in [0, 0.1) is 25.2 Å². The zero-order chi connectivity index (χ0) is 25.0. The molecule has 1 saturated heterocycles. The number of hydroxylamine groups is 1. The minimum atomic E-state index is -3.93. The SMILES string of the molecule is C#CCN1CC(NS(=O)(=O)c2ccc(OCc3cc(C)nc4ccccc34)cc2)C(C(=O)NO)C1. The molecule has 4 rings (SSSR count). The fraction of sp³-hybridized carbons (Fsp3) is 0.280. The number of benzene rings is 2. The van der Waals surface area contributed by atoms with Crippen LogP contribution in [0.25, 0.3) is 10.9 Å². The fourth-order valence-electron chi connectivity index (χ4n) is 4.27. The normalized spacial score (nSPS) is 18.3. The molecular weight excluding hydrogens is 468 g/mol. The summed E-state index contributed by atoms with van der Waals surface area (Å²) in [6.07, 6.45) is 5.34. The molecule has 10 heteroatoms. The molecule has 1 aliphatic rings. The maximum absolute atomic E-state index is 13.0. The minimum Gasteiger partial charge on any atom is -0.489 e. The van der Waals surface area contributed by atoms with Gasteiger partial charge in [0, 0.05) is 35.8 Å². The minimum absolute atomic E-state index is 0.0358. The van der Waals surface area contributed by atoms with Gasteiger partial charge in [-0.15, -0.1) is 6.42 Å². The van der Waals surface area contributed by atoms with Crippen LogP contribution in [0.4, 0.5) is 0 Å². The number of pyridine rings is 1. The van der Waals surface area contributed by atoms with Crippen molar-refractivity contribution in [2.75, 3.05) is 19.6 Å². The standard InChI is InChI=1S/C25H26N4O5S/c1-3-12-29-14-22(25(30)27-31)24(15-29)28-35(32,33)20-10-8-19(9-11-20)34-16-18-13-17(2)26-23-7-5-4-6-21(18)23/h1,4-11,13,22,24,28,31H,12,14-16H2,2H3,(H,27,30). The highest BCUT2D eigenvalue weighted by Gasteiger charge is 2.39. The van der Waals surface area contributed by atoms with Crippen molar-refractivity contribution in [3.8, 4) is 18.1 Å². The van der Waals surface area contributed by atoms with E-state index in [0.717, 1.165) is 22.2 Å². The molecule has 0 radical (unpaired) electrons. The molecule has 182 valence electrons. The summed E-state index contributed by atoms with van der Waals surface area (Å²) in [5.41, 5.74) is 4.36. The fourth-order valence-corrected chi connectivity index (χ4v) is 5.54. The Balaban J connectivity index is 1.45. The molecule has 35 heavy (non-hydrogen) atoms. The van der Waals surface area contributed by atoms with E-state index in [1.807, 2.05) is 37.3 Å². The maximum Gasteiger partial charge on any atom is 0.249 e. The summed E-state index contributed by atoms with van der Waals surface area (Å²) in [7, 11) is -3.93. The Bertz CT molecular complexity index is 1370. The van der Waals surface area contributed by atoms with Gasteiger partial charge in [-0.25, -0.2) is 18.6 Å². The van der Waals surface area contributed by atoms with Gasteiger partial charge in [0.25, 0.3) is 0 Å². The van der Waals surface area contributed by atoms with Gasteiger partial charge in [0.05, 0.1) is 22.9 Å². The predicted molar refractivity (Wildman–Crippen MR) is 130 cm³/mol. The van der Waals surface area contributed by atoms with Crippen LogP contribution in [0.15, 0.2) is 59.5 Å². The van der Waals surface area contributed by atoms with Crippen molar-refractivity contribution in [1.82, 2.24) is 20.1 Å². The Hall–Kier alpha value is -3.49. The molecule has 1 amide bonds. The van der Waals surface area contributed by atoms with E-state index >= 15 is 0 Å². The molecule has 2 heterocycles. The monoisotopic (exact) mass is 494 g/mol. The van der Waals surface area contributed by atoms with E-state index in [4.69, 9.17) is 16.4 Å². The van der Waals surface area contributed by atoms with E-state index in [9.17, 15) is 13.2 Å². The second-order valence-electron chi connectivity index (χ2n) is 8.41. The van der Waals surface area contributed by atoms with Crippen LogP contribution in [-0.4, -0.2) is 55.1 Å². The Morgan fingerprint density at radius 2 is 1.97 bits per heavy atom. The number of nitrogens with zero attached hydrogens (tertiary/aromatic N) is 2. The summed E-state index contributed by atoms with van der Waals surface area (Å²) < 4.78 is 34.4. The third kappa shape index (κ3) is 5.61. The van der Waals surface area contributed by atoms with Gasteiger partial charge in [0.1, 0.15) is 12.4 Å². The van der Waals surface area contributed by atoms with Gasteiger partial charge in [0.2, 0.25) is 15.9 Å². The van der Waals surface area contributed by atoms with Gasteiger partial charge in [-0.05, 0) is 43.3 Å². The smallest absolute Gasteiger partial charge is 0.249 e. The highest BCUT2D eigenvalue weighted by Crippen LogP contribution is 2.23. The Kier molecular flexibility index (Phi) is 7.33. The first-order valence-electron chi connectivity index (χ1n) is 11.0. The van der Waals surface area contributed by atoms with Crippen LogP contribution in [-0.2, 0) is 21.4 Å². The number of amides is 1. The lowest BCUT2D eigenvalue weighted by Gasteiger charge is -2.18. The maximum atomic E-state index is 13.0. The molecule has 0 saturated carbocycles. The zero-order valence-electron chi connectivity index (χ0n) is 19.1. The van der Waals surface area contributed by atoms with Crippen molar-refractivity contribution in [1.29, 1.82) is 0 Å². The lowest BCUT2D eigenvalue weighted by Crippen LogP contribution is -2.45. The Morgan fingerprint density at radius 3 is 2.69 bits per heavy atom. The zero-order valence-corrected chi connectivity index (χ0v) is 20.0. The van der Waals surface area contributed by atoms with E-state index in [1.165, 1.54) is 12.1 Å². The van der Waals surface area contributed by atoms with Crippen molar-refractivity contribution in [2.24, 2.45) is 5.92 Å². The molecule has 9 nitrogen and oxygen atoms in total. The molecule has 3 aromatic rings. The molecular formula is C25H26N4O5S. The van der Waals surface area contributed by atoms with E-state index in [1.54, 1.807) is 22.5 Å². The molecule has 0 spiro atoms. The number of sulfonamides is 1. The molecule has 1 fully saturated rings. The second-order valence-corrected chi connectivity index (χ2v) is 10.1. The summed E-state index contributed by atoms with van der Waals surface area (Å²) in [4.78, 5) is 18.4. The molecule has 2 unspecified atom stereocenters. The van der Waals surface area contributed by atoms with Gasteiger partial charge in [-0.3, -0.25) is 19.9 Å². The third-order valence-corrected chi connectivity index (χ3v) is 7.43. The highest BCUT2D eigenvalue weighted by atomic mass is 32.2. The molecule has 0 aliphatic carbocycles. The van der Waals surface area contributed by atoms with E-state index < -0.39 is 27.9 Å².